The first-order chi connectivity index (χ1) is 9.78. The third-order valence-corrected chi connectivity index (χ3v) is 4.44. The molecule has 2 aromatic carbocycles. The fraction of sp³-hybridized carbons (Fsp3) is 0.389. The van der Waals surface area contributed by atoms with Crippen LogP contribution in [0.15, 0.2) is 42.5 Å². The Morgan fingerprint density at radius 1 is 1.15 bits per heavy atom. The highest BCUT2D eigenvalue weighted by Crippen LogP contribution is 2.28. The molecule has 0 bridgehead atoms. The van der Waals surface area contributed by atoms with E-state index in [1.54, 1.807) is 0 Å². The Labute approximate surface area is 120 Å². The van der Waals surface area contributed by atoms with Gasteiger partial charge in [0.1, 0.15) is 6.29 Å². The molecule has 1 N–H and O–H groups in total. The van der Waals surface area contributed by atoms with Gasteiger partial charge in [0.25, 0.3) is 0 Å². The fourth-order valence-corrected chi connectivity index (χ4v) is 3.36. The van der Waals surface area contributed by atoms with Gasteiger partial charge >= 0.3 is 0 Å². The van der Waals surface area contributed by atoms with Gasteiger partial charge in [0, 0.05) is 18.0 Å². The highest BCUT2D eigenvalue weighted by atomic mass is 16.1. The van der Waals surface area contributed by atoms with E-state index < -0.39 is 0 Å². The van der Waals surface area contributed by atoms with Crippen molar-refractivity contribution in [1.82, 2.24) is 5.32 Å². The second-order valence-corrected chi connectivity index (χ2v) is 5.86. The molecular weight excluding hydrogens is 246 g/mol. The molecule has 3 atom stereocenters. The quantitative estimate of drug-likeness (QED) is 0.852. The van der Waals surface area contributed by atoms with Gasteiger partial charge in [-0.25, -0.2) is 0 Å². The van der Waals surface area contributed by atoms with Crippen molar-refractivity contribution in [2.24, 2.45) is 5.92 Å². The Balaban J connectivity index is 1.79. The molecule has 3 unspecified atom stereocenters. The van der Waals surface area contributed by atoms with E-state index in [1.807, 2.05) is 0 Å². The number of aldehydes is 1. The van der Waals surface area contributed by atoms with Crippen molar-refractivity contribution in [1.29, 1.82) is 0 Å². The van der Waals surface area contributed by atoms with Crippen LogP contribution in [0, 0.1) is 5.92 Å². The van der Waals surface area contributed by atoms with Crippen LogP contribution >= 0.6 is 0 Å². The zero-order valence-electron chi connectivity index (χ0n) is 11.9. The predicted octanol–water partition coefficient (Wildman–Crippen LogP) is 3.86. The summed E-state index contributed by atoms with van der Waals surface area (Å²) in [6.07, 6.45) is 4.24. The lowest BCUT2D eigenvalue weighted by atomic mass is 9.99. The molecule has 0 aliphatic heterocycles. The summed E-state index contributed by atoms with van der Waals surface area (Å²) in [5.41, 5.74) is 1.35. The van der Waals surface area contributed by atoms with Gasteiger partial charge in [0.15, 0.2) is 0 Å². The predicted molar refractivity (Wildman–Crippen MR) is 82.7 cm³/mol. The summed E-state index contributed by atoms with van der Waals surface area (Å²) in [5, 5.41) is 6.30. The molecule has 1 aliphatic rings. The number of carbonyl (C=O) groups is 1. The van der Waals surface area contributed by atoms with Crippen LogP contribution < -0.4 is 5.32 Å². The molecule has 2 nitrogen and oxygen atoms in total. The average molecular weight is 267 g/mol. The van der Waals surface area contributed by atoms with Crippen LogP contribution in [0.2, 0.25) is 0 Å². The number of fused-ring (bicyclic) bond motifs is 1. The Kier molecular flexibility index (Phi) is 3.83. The summed E-state index contributed by atoms with van der Waals surface area (Å²) in [7, 11) is 0. The molecule has 104 valence electrons. The monoisotopic (exact) mass is 267 g/mol. The van der Waals surface area contributed by atoms with Crippen molar-refractivity contribution in [3.63, 3.8) is 0 Å². The lowest BCUT2D eigenvalue weighted by molar-refractivity contribution is -0.110. The molecule has 2 aromatic rings. The third kappa shape index (κ3) is 2.61. The van der Waals surface area contributed by atoms with Gasteiger partial charge in [-0.3, -0.25) is 0 Å². The van der Waals surface area contributed by atoms with Gasteiger partial charge in [0.2, 0.25) is 0 Å². The minimum Gasteiger partial charge on any atom is -0.307 e. The highest BCUT2D eigenvalue weighted by molar-refractivity contribution is 5.86. The number of carbonyl (C=O) groups excluding carboxylic acids is 1. The van der Waals surface area contributed by atoms with Crippen LogP contribution in [0.3, 0.4) is 0 Å². The fourth-order valence-electron chi connectivity index (χ4n) is 3.36. The van der Waals surface area contributed by atoms with Gasteiger partial charge in [-0.05, 0) is 42.5 Å². The molecule has 0 saturated heterocycles. The first-order valence-electron chi connectivity index (χ1n) is 7.47. The molecule has 1 saturated carbocycles. The third-order valence-electron chi connectivity index (χ3n) is 4.44. The number of hydrogen-bond donors (Lipinski definition) is 1. The molecule has 1 aliphatic carbocycles. The van der Waals surface area contributed by atoms with Crippen LogP contribution in [-0.2, 0) is 4.79 Å². The Bertz CT molecular complexity index is 602. The Morgan fingerprint density at radius 3 is 2.75 bits per heavy atom. The summed E-state index contributed by atoms with van der Waals surface area (Å²) in [5.74, 6) is 0.257. The van der Waals surface area contributed by atoms with Crippen LogP contribution in [0.4, 0.5) is 0 Å². The summed E-state index contributed by atoms with van der Waals surface area (Å²) in [6.45, 7) is 2.22. The van der Waals surface area contributed by atoms with E-state index >= 15 is 0 Å². The molecule has 20 heavy (non-hydrogen) atoms. The van der Waals surface area contributed by atoms with Gasteiger partial charge < -0.3 is 10.1 Å². The Morgan fingerprint density at radius 2 is 1.95 bits per heavy atom. The lowest BCUT2D eigenvalue weighted by Crippen LogP contribution is -2.29. The van der Waals surface area contributed by atoms with E-state index in [0.717, 1.165) is 25.5 Å². The minimum atomic E-state index is 0.257. The van der Waals surface area contributed by atoms with Crippen molar-refractivity contribution in [2.75, 3.05) is 0 Å². The smallest absolute Gasteiger partial charge is 0.123 e. The van der Waals surface area contributed by atoms with Gasteiger partial charge in [-0.15, -0.1) is 0 Å². The zero-order chi connectivity index (χ0) is 13.9. The molecule has 3 rings (SSSR count). The maximum absolute atomic E-state index is 10.9. The van der Waals surface area contributed by atoms with Gasteiger partial charge in [-0.1, -0.05) is 42.5 Å². The molecule has 2 heteroatoms. The summed E-state index contributed by atoms with van der Waals surface area (Å²) < 4.78 is 0. The number of hydrogen-bond acceptors (Lipinski definition) is 2. The summed E-state index contributed by atoms with van der Waals surface area (Å²) >= 11 is 0. The molecule has 0 amide bonds. The van der Waals surface area contributed by atoms with E-state index in [1.165, 1.54) is 16.3 Å². The molecular formula is C18H21NO. The minimum absolute atomic E-state index is 0.257. The highest BCUT2D eigenvalue weighted by Gasteiger charge is 2.25. The average Bonchev–Trinajstić information content (AvgIpc) is 2.94. The molecule has 0 aromatic heterocycles. The van der Waals surface area contributed by atoms with E-state index in [0.29, 0.717) is 12.1 Å². The molecule has 0 radical (unpaired) electrons. The van der Waals surface area contributed by atoms with Crippen molar-refractivity contribution in [3.05, 3.63) is 48.0 Å². The molecule has 1 fully saturated rings. The summed E-state index contributed by atoms with van der Waals surface area (Å²) in [4.78, 5) is 10.9. The normalized spacial score (nSPS) is 23.9. The standard InChI is InChI=1S/C18H21NO/c1-13(19-16-10-9-14(11-16)12-20)17-8-4-6-15-5-2-3-7-18(15)17/h2-8,12-14,16,19H,9-11H2,1H3. The maximum Gasteiger partial charge on any atom is 0.123 e. The van der Waals surface area contributed by atoms with Crippen LogP contribution in [-0.4, -0.2) is 12.3 Å². The Hall–Kier alpha value is -1.67. The van der Waals surface area contributed by atoms with E-state index in [9.17, 15) is 4.79 Å². The van der Waals surface area contributed by atoms with E-state index in [2.05, 4.69) is 54.7 Å². The molecule has 0 spiro atoms. The topological polar surface area (TPSA) is 29.1 Å². The number of benzene rings is 2. The number of rotatable bonds is 4. The molecule has 0 heterocycles. The van der Waals surface area contributed by atoms with Crippen molar-refractivity contribution >= 4 is 17.1 Å². The SMILES string of the molecule is CC(NC1CCC(C=O)C1)c1cccc2ccccc12. The lowest BCUT2D eigenvalue weighted by Gasteiger charge is -2.21. The first-order valence-corrected chi connectivity index (χ1v) is 7.47. The van der Waals surface area contributed by atoms with Crippen molar-refractivity contribution < 1.29 is 4.79 Å². The van der Waals surface area contributed by atoms with Crippen molar-refractivity contribution in [2.45, 2.75) is 38.3 Å². The second kappa shape index (κ2) is 5.76. The van der Waals surface area contributed by atoms with E-state index in [4.69, 9.17) is 0 Å². The largest absolute Gasteiger partial charge is 0.307 e. The van der Waals surface area contributed by atoms with Crippen LogP contribution in [0.25, 0.3) is 10.8 Å². The maximum atomic E-state index is 10.9. The van der Waals surface area contributed by atoms with Gasteiger partial charge in [0.05, 0.1) is 0 Å². The second-order valence-electron chi connectivity index (χ2n) is 5.86. The van der Waals surface area contributed by atoms with E-state index in [-0.39, 0.29) is 5.92 Å². The first kappa shape index (κ1) is 13.3. The zero-order valence-corrected chi connectivity index (χ0v) is 11.9. The van der Waals surface area contributed by atoms with Crippen molar-refractivity contribution in [3.8, 4) is 0 Å². The summed E-state index contributed by atoms with van der Waals surface area (Å²) in [6, 6.07) is 15.8. The van der Waals surface area contributed by atoms with Gasteiger partial charge in [-0.2, -0.15) is 0 Å². The number of nitrogens with one attached hydrogen (secondary N) is 1. The van der Waals surface area contributed by atoms with Crippen LogP contribution in [0.5, 0.6) is 0 Å². The van der Waals surface area contributed by atoms with Crippen LogP contribution in [0.1, 0.15) is 37.8 Å².